The summed E-state index contributed by atoms with van der Waals surface area (Å²) < 4.78 is 0. The van der Waals surface area contributed by atoms with Crippen molar-refractivity contribution >= 4 is 11.6 Å². The van der Waals surface area contributed by atoms with Crippen molar-refractivity contribution < 1.29 is 4.79 Å². The molecule has 1 atom stereocenters. The lowest BCUT2D eigenvalue weighted by Gasteiger charge is -2.41. The highest BCUT2D eigenvalue weighted by Crippen LogP contribution is 2.30. The van der Waals surface area contributed by atoms with E-state index in [1.54, 1.807) is 0 Å². The smallest absolute Gasteiger partial charge is 0.254 e. The molecule has 1 aromatic rings. The molecule has 1 aromatic carbocycles. The van der Waals surface area contributed by atoms with E-state index in [2.05, 4.69) is 10.2 Å². The topological polar surface area (TPSA) is 32.3 Å². The van der Waals surface area contributed by atoms with E-state index in [9.17, 15) is 4.79 Å². The number of carbonyl (C=O) groups is 1. The van der Waals surface area contributed by atoms with Crippen LogP contribution in [-0.4, -0.2) is 18.6 Å². The summed E-state index contributed by atoms with van der Waals surface area (Å²) >= 11 is 0. The second-order valence-electron chi connectivity index (χ2n) is 4.20. The number of para-hydroxylation sites is 1. The minimum absolute atomic E-state index is 0.0775. The average molecular weight is 202 g/mol. The Morgan fingerprint density at radius 3 is 3.07 bits per heavy atom. The Bertz CT molecular complexity index is 402. The lowest BCUT2D eigenvalue weighted by Crippen LogP contribution is -2.54. The van der Waals surface area contributed by atoms with Crippen molar-refractivity contribution in [3.05, 3.63) is 29.8 Å². The van der Waals surface area contributed by atoms with Gasteiger partial charge >= 0.3 is 0 Å². The molecule has 3 heteroatoms. The molecule has 1 saturated heterocycles. The van der Waals surface area contributed by atoms with Gasteiger partial charge in [0.2, 0.25) is 0 Å². The van der Waals surface area contributed by atoms with Crippen molar-refractivity contribution in [2.45, 2.75) is 25.4 Å². The Morgan fingerprint density at radius 1 is 1.27 bits per heavy atom. The van der Waals surface area contributed by atoms with Crippen molar-refractivity contribution in [3.8, 4) is 0 Å². The molecule has 0 radical (unpaired) electrons. The normalized spacial score (nSPS) is 24.1. The van der Waals surface area contributed by atoms with E-state index in [0.717, 1.165) is 24.2 Å². The van der Waals surface area contributed by atoms with Crippen LogP contribution in [0.15, 0.2) is 24.3 Å². The predicted molar refractivity (Wildman–Crippen MR) is 58.9 cm³/mol. The Kier molecular flexibility index (Phi) is 1.91. The fourth-order valence-corrected chi connectivity index (χ4v) is 2.52. The molecule has 2 aliphatic rings. The van der Waals surface area contributed by atoms with Crippen molar-refractivity contribution in [1.29, 1.82) is 0 Å². The first-order valence-corrected chi connectivity index (χ1v) is 5.53. The highest BCUT2D eigenvalue weighted by atomic mass is 16.2. The summed E-state index contributed by atoms with van der Waals surface area (Å²) in [4.78, 5) is 14.1. The lowest BCUT2D eigenvalue weighted by molar-refractivity contribution is 0.0919. The summed E-state index contributed by atoms with van der Waals surface area (Å²) in [6.45, 7) is 1.06. The van der Waals surface area contributed by atoms with Crippen molar-refractivity contribution in [2.75, 3.05) is 11.4 Å². The molecule has 3 rings (SSSR count). The number of hydrogen-bond donors (Lipinski definition) is 1. The highest BCUT2D eigenvalue weighted by Gasteiger charge is 2.31. The van der Waals surface area contributed by atoms with E-state index < -0.39 is 0 Å². The Balaban J connectivity index is 2.07. The first-order valence-electron chi connectivity index (χ1n) is 5.53. The van der Waals surface area contributed by atoms with Crippen LogP contribution in [0.1, 0.15) is 29.6 Å². The quantitative estimate of drug-likeness (QED) is 0.695. The van der Waals surface area contributed by atoms with E-state index in [1.807, 2.05) is 24.3 Å². The summed E-state index contributed by atoms with van der Waals surface area (Å²) in [5, 5.41) is 3.06. The molecule has 0 spiro atoms. The molecule has 0 bridgehead atoms. The van der Waals surface area contributed by atoms with Crippen LogP contribution in [-0.2, 0) is 0 Å². The lowest BCUT2D eigenvalue weighted by atomic mass is 10.0. The molecule has 2 aliphatic heterocycles. The molecule has 78 valence electrons. The summed E-state index contributed by atoms with van der Waals surface area (Å²) in [7, 11) is 0. The molecular weight excluding hydrogens is 188 g/mol. The van der Waals surface area contributed by atoms with Crippen molar-refractivity contribution in [2.24, 2.45) is 0 Å². The second kappa shape index (κ2) is 3.26. The number of rotatable bonds is 0. The third-order valence-corrected chi connectivity index (χ3v) is 3.26. The van der Waals surface area contributed by atoms with Crippen LogP contribution < -0.4 is 10.2 Å². The fraction of sp³-hybridized carbons (Fsp3) is 0.417. The van der Waals surface area contributed by atoms with Gasteiger partial charge in [0.25, 0.3) is 5.91 Å². The van der Waals surface area contributed by atoms with Gasteiger partial charge in [0, 0.05) is 6.54 Å². The van der Waals surface area contributed by atoms with Gasteiger partial charge in [-0.15, -0.1) is 0 Å². The van der Waals surface area contributed by atoms with E-state index in [-0.39, 0.29) is 12.1 Å². The third-order valence-electron chi connectivity index (χ3n) is 3.26. The zero-order valence-corrected chi connectivity index (χ0v) is 8.57. The molecule has 1 N–H and O–H groups in total. The maximum Gasteiger partial charge on any atom is 0.254 e. The van der Waals surface area contributed by atoms with Gasteiger partial charge in [0.05, 0.1) is 11.3 Å². The number of piperidine rings is 1. The van der Waals surface area contributed by atoms with Gasteiger partial charge in [-0.1, -0.05) is 12.1 Å². The van der Waals surface area contributed by atoms with Gasteiger partial charge in [0.1, 0.15) is 6.17 Å². The number of nitrogens with one attached hydrogen (secondary N) is 1. The number of benzene rings is 1. The number of carbonyl (C=O) groups excluding carboxylic acids is 1. The standard InChI is InChI=1S/C12H14N2O/c15-12-9-5-1-2-6-10(9)14-8-4-3-7-11(14)13-12/h1-2,5-6,11H,3-4,7-8H2,(H,13,15). The zero-order chi connectivity index (χ0) is 10.3. The molecule has 1 amide bonds. The Hall–Kier alpha value is -1.51. The van der Waals surface area contributed by atoms with Gasteiger partial charge in [-0.25, -0.2) is 0 Å². The Labute approximate surface area is 89.1 Å². The minimum Gasteiger partial charge on any atom is -0.351 e. The van der Waals surface area contributed by atoms with Crippen LogP contribution in [0.25, 0.3) is 0 Å². The van der Waals surface area contributed by atoms with Gasteiger partial charge in [0.15, 0.2) is 0 Å². The van der Waals surface area contributed by atoms with Crippen LogP contribution in [0.3, 0.4) is 0 Å². The number of fused-ring (bicyclic) bond motifs is 3. The van der Waals surface area contributed by atoms with Gasteiger partial charge < -0.3 is 10.2 Å². The monoisotopic (exact) mass is 202 g/mol. The molecule has 1 fully saturated rings. The summed E-state index contributed by atoms with van der Waals surface area (Å²) in [6.07, 6.45) is 3.73. The fourth-order valence-electron chi connectivity index (χ4n) is 2.52. The first kappa shape index (κ1) is 8.77. The molecule has 15 heavy (non-hydrogen) atoms. The van der Waals surface area contributed by atoms with Crippen molar-refractivity contribution in [3.63, 3.8) is 0 Å². The summed E-state index contributed by atoms with van der Waals surface area (Å²) in [5.41, 5.74) is 1.92. The number of anilines is 1. The van der Waals surface area contributed by atoms with Crippen LogP contribution in [0.5, 0.6) is 0 Å². The predicted octanol–water partition coefficient (Wildman–Crippen LogP) is 1.75. The number of nitrogens with zero attached hydrogens (tertiary/aromatic N) is 1. The summed E-state index contributed by atoms with van der Waals surface area (Å²) in [6, 6.07) is 7.87. The van der Waals surface area contributed by atoms with Gasteiger partial charge in [-0.05, 0) is 31.4 Å². The van der Waals surface area contributed by atoms with Crippen LogP contribution in [0, 0.1) is 0 Å². The van der Waals surface area contributed by atoms with E-state index in [1.165, 1.54) is 12.8 Å². The molecule has 1 unspecified atom stereocenters. The van der Waals surface area contributed by atoms with E-state index >= 15 is 0 Å². The van der Waals surface area contributed by atoms with Gasteiger partial charge in [-0.2, -0.15) is 0 Å². The van der Waals surface area contributed by atoms with Crippen LogP contribution in [0.2, 0.25) is 0 Å². The number of amides is 1. The zero-order valence-electron chi connectivity index (χ0n) is 8.57. The van der Waals surface area contributed by atoms with Crippen LogP contribution in [0.4, 0.5) is 5.69 Å². The molecular formula is C12H14N2O. The van der Waals surface area contributed by atoms with Gasteiger partial charge in [-0.3, -0.25) is 4.79 Å². The van der Waals surface area contributed by atoms with Crippen molar-refractivity contribution in [1.82, 2.24) is 5.32 Å². The van der Waals surface area contributed by atoms with Crippen LogP contribution >= 0.6 is 0 Å². The molecule has 3 nitrogen and oxygen atoms in total. The van der Waals surface area contributed by atoms with E-state index in [0.29, 0.717) is 0 Å². The third kappa shape index (κ3) is 1.30. The van der Waals surface area contributed by atoms with E-state index in [4.69, 9.17) is 0 Å². The average Bonchev–Trinajstić information content (AvgIpc) is 2.30. The summed E-state index contributed by atoms with van der Waals surface area (Å²) in [5.74, 6) is 0.0775. The number of hydrogen-bond acceptors (Lipinski definition) is 2. The molecule has 2 heterocycles. The molecule has 0 aliphatic carbocycles. The molecule has 0 saturated carbocycles. The minimum atomic E-state index is 0.0775. The largest absolute Gasteiger partial charge is 0.351 e. The Morgan fingerprint density at radius 2 is 2.13 bits per heavy atom. The maximum atomic E-state index is 11.8. The maximum absolute atomic E-state index is 11.8. The first-order chi connectivity index (χ1) is 7.36. The second-order valence-corrected chi connectivity index (χ2v) is 4.20. The molecule has 0 aromatic heterocycles. The SMILES string of the molecule is O=C1NC2CCCCN2c2ccccc21. The highest BCUT2D eigenvalue weighted by molar-refractivity contribution is 6.01.